The van der Waals surface area contributed by atoms with Crippen LogP contribution in [0.2, 0.25) is 0 Å². The third-order valence-corrected chi connectivity index (χ3v) is 3.81. The average Bonchev–Trinajstić information content (AvgIpc) is 3.05. The minimum Gasteiger partial charge on any atom is -0.383 e. The lowest BCUT2D eigenvalue weighted by Gasteiger charge is -2.07. The summed E-state index contributed by atoms with van der Waals surface area (Å²) < 4.78 is 12.3. The maximum Gasteiger partial charge on any atom is 0.319 e. The van der Waals surface area contributed by atoms with Gasteiger partial charge in [-0.05, 0) is 12.8 Å². The number of anilines is 1. The topological polar surface area (TPSA) is 77.4 Å². The second-order valence-corrected chi connectivity index (χ2v) is 6.10. The van der Waals surface area contributed by atoms with Crippen molar-refractivity contribution in [3.63, 3.8) is 0 Å². The Balaban J connectivity index is 1.94. The molecule has 0 unspecified atom stereocenters. The molecule has 0 aromatic carbocycles. The van der Waals surface area contributed by atoms with Gasteiger partial charge in [0.05, 0.1) is 25.0 Å². The molecule has 0 atom stereocenters. The van der Waals surface area contributed by atoms with Crippen LogP contribution in [0, 0.1) is 0 Å². The van der Waals surface area contributed by atoms with Gasteiger partial charge in [-0.2, -0.15) is 5.10 Å². The fourth-order valence-corrected chi connectivity index (χ4v) is 2.37. The highest BCUT2D eigenvalue weighted by atomic mass is 16.5. The van der Waals surface area contributed by atoms with Gasteiger partial charge in [0.2, 0.25) is 0 Å². The smallest absolute Gasteiger partial charge is 0.319 e. The molecule has 144 valence electrons. The van der Waals surface area contributed by atoms with Gasteiger partial charge >= 0.3 is 6.03 Å². The highest BCUT2D eigenvalue weighted by Gasteiger charge is 2.03. The minimum atomic E-state index is -0.220. The zero-order valence-electron chi connectivity index (χ0n) is 15.8. The number of carbonyl (C=O) groups excluding carboxylic acids is 1. The number of hydrogen-bond donors (Lipinski definition) is 2. The van der Waals surface area contributed by atoms with Crippen molar-refractivity contribution in [2.24, 2.45) is 0 Å². The number of amides is 2. The molecular formula is C18H34N4O3. The molecule has 0 aliphatic heterocycles. The largest absolute Gasteiger partial charge is 0.383 e. The van der Waals surface area contributed by atoms with E-state index in [-0.39, 0.29) is 6.03 Å². The average molecular weight is 354 g/mol. The first-order valence-corrected chi connectivity index (χ1v) is 9.40. The van der Waals surface area contributed by atoms with Crippen molar-refractivity contribution >= 4 is 11.7 Å². The second-order valence-electron chi connectivity index (χ2n) is 6.10. The van der Waals surface area contributed by atoms with Crippen LogP contribution in [0.3, 0.4) is 0 Å². The van der Waals surface area contributed by atoms with Crippen molar-refractivity contribution in [2.75, 3.05) is 38.8 Å². The molecule has 0 saturated carbocycles. The van der Waals surface area contributed by atoms with E-state index < -0.39 is 0 Å². The molecule has 1 heterocycles. The normalized spacial score (nSPS) is 10.8. The second kappa shape index (κ2) is 14.7. The number of unbranched alkanes of at least 4 members (excludes halogenated alkanes) is 5. The Labute approximate surface area is 151 Å². The van der Waals surface area contributed by atoms with Gasteiger partial charge < -0.3 is 20.1 Å². The maximum absolute atomic E-state index is 11.8. The van der Waals surface area contributed by atoms with Gasteiger partial charge in [0.25, 0.3) is 0 Å². The maximum atomic E-state index is 11.8. The molecule has 1 rings (SSSR count). The van der Waals surface area contributed by atoms with Crippen LogP contribution in [0.15, 0.2) is 12.4 Å². The van der Waals surface area contributed by atoms with Gasteiger partial charge in [-0.1, -0.05) is 39.0 Å². The number of rotatable bonds is 15. The predicted molar refractivity (Wildman–Crippen MR) is 99.9 cm³/mol. The number of nitrogens with zero attached hydrogens (tertiary/aromatic N) is 2. The van der Waals surface area contributed by atoms with E-state index in [2.05, 4.69) is 22.7 Å². The summed E-state index contributed by atoms with van der Waals surface area (Å²) in [5.74, 6) is 0. The SMILES string of the molecule is CCCCCCCCOCCCNC(=O)Nc1cnn(CCOC)c1. The molecule has 0 aliphatic carbocycles. The Hall–Kier alpha value is -1.60. The van der Waals surface area contributed by atoms with Gasteiger partial charge in [-0.15, -0.1) is 0 Å². The van der Waals surface area contributed by atoms with Gasteiger partial charge in [-0.25, -0.2) is 4.79 Å². The summed E-state index contributed by atoms with van der Waals surface area (Å²) in [6.07, 6.45) is 11.9. The first-order chi connectivity index (χ1) is 12.3. The minimum absolute atomic E-state index is 0.220. The molecule has 0 radical (unpaired) electrons. The first kappa shape index (κ1) is 21.4. The number of ether oxygens (including phenoxy) is 2. The summed E-state index contributed by atoms with van der Waals surface area (Å²) in [6, 6.07) is -0.220. The highest BCUT2D eigenvalue weighted by molar-refractivity contribution is 5.88. The summed E-state index contributed by atoms with van der Waals surface area (Å²) in [5, 5.41) is 9.72. The van der Waals surface area contributed by atoms with E-state index in [1.54, 1.807) is 24.2 Å². The summed E-state index contributed by atoms with van der Waals surface area (Å²) in [4.78, 5) is 11.8. The number of carbonyl (C=O) groups is 1. The van der Waals surface area contributed by atoms with E-state index in [4.69, 9.17) is 9.47 Å². The van der Waals surface area contributed by atoms with Crippen LogP contribution in [-0.2, 0) is 16.0 Å². The van der Waals surface area contributed by atoms with Crippen molar-refractivity contribution in [3.05, 3.63) is 12.4 Å². The van der Waals surface area contributed by atoms with Crippen LogP contribution >= 0.6 is 0 Å². The lowest BCUT2D eigenvalue weighted by molar-refractivity contribution is 0.128. The molecule has 0 bridgehead atoms. The third-order valence-electron chi connectivity index (χ3n) is 3.81. The fraction of sp³-hybridized carbons (Fsp3) is 0.778. The molecule has 2 N–H and O–H groups in total. The van der Waals surface area contributed by atoms with E-state index in [1.165, 1.54) is 32.1 Å². The third kappa shape index (κ3) is 11.6. The molecule has 1 aromatic heterocycles. The number of methoxy groups -OCH3 is 1. The van der Waals surface area contributed by atoms with Crippen LogP contribution in [-0.4, -0.2) is 49.3 Å². The Kier molecular flexibility index (Phi) is 12.6. The number of hydrogen-bond acceptors (Lipinski definition) is 4. The Morgan fingerprint density at radius 1 is 1.12 bits per heavy atom. The molecule has 7 heteroatoms. The van der Waals surface area contributed by atoms with Crippen molar-refractivity contribution in [1.82, 2.24) is 15.1 Å². The molecule has 1 aromatic rings. The lowest BCUT2D eigenvalue weighted by Crippen LogP contribution is -2.30. The van der Waals surface area contributed by atoms with Crippen LogP contribution in [0.1, 0.15) is 51.9 Å². The van der Waals surface area contributed by atoms with E-state index in [9.17, 15) is 4.79 Å². The molecule has 0 aliphatic rings. The molecular weight excluding hydrogens is 320 g/mol. The molecule has 0 spiro atoms. The van der Waals surface area contributed by atoms with Crippen LogP contribution in [0.5, 0.6) is 0 Å². The zero-order valence-corrected chi connectivity index (χ0v) is 15.8. The summed E-state index contributed by atoms with van der Waals surface area (Å²) in [7, 11) is 1.65. The zero-order chi connectivity index (χ0) is 18.2. The van der Waals surface area contributed by atoms with E-state index >= 15 is 0 Å². The Morgan fingerprint density at radius 3 is 2.68 bits per heavy atom. The predicted octanol–water partition coefficient (Wildman–Crippen LogP) is 3.42. The Morgan fingerprint density at radius 2 is 1.88 bits per heavy atom. The van der Waals surface area contributed by atoms with E-state index in [0.29, 0.717) is 32.0 Å². The van der Waals surface area contributed by atoms with Crippen LogP contribution < -0.4 is 10.6 Å². The number of aromatic nitrogens is 2. The number of urea groups is 1. The molecule has 0 saturated heterocycles. The van der Waals surface area contributed by atoms with Crippen LogP contribution in [0.25, 0.3) is 0 Å². The molecule has 7 nitrogen and oxygen atoms in total. The van der Waals surface area contributed by atoms with Gasteiger partial charge in [0.15, 0.2) is 0 Å². The van der Waals surface area contributed by atoms with Gasteiger partial charge in [0, 0.05) is 33.1 Å². The van der Waals surface area contributed by atoms with Crippen molar-refractivity contribution in [2.45, 2.75) is 58.4 Å². The summed E-state index contributed by atoms with van der Waals surface area (Å²) >= 11 is 0. The van der Waals surface area contributed by atoms with Gasteiger partial charge in [-0.3, -0.25) is 4.68 Å². The van der Waals surface area contributed by atoms with Crippen LogP contribution in [0.4, 0.5) is 10.5 Å². The van der Waals surface area contributed by atoms with Crippen molar-refractivity contribution < 1.29 is 14.3 Å². The van der Waals surface area contributed by atoms with E-state index in [0.717, 1.165) is 19.4 Å². The number of nitrogens with one attached hydrogen (secondary N) is 2. The molecule has 25 heavy (non-hydrogen) atoms. The van der Waals surface area contributed by atoms with Gasteiger partial charge in [0.1, 0.15) is 0 Å². The quantitative estimate of drug-likeness (QED) is 0.473. The molecule has 0 fully saturated rings. The first-order valence-electron chi connectivity index (χ1n) is 9.40. The molecule has 2 amide bonds. The lowest BCUT2D eigenvalue weighted by atomic mass is 10.1. The summed E-state index contributed by atoms with van der Waals surface area (Å²) in [5.41, 5.74) is 0.674. The van der Waals surface area contributed by atoms with Crippen molar-refractivity contribution in [3.8, 4) is 0 Å². The highest BCUT2D eigenvalue weighted by Crippen LogP contribution is 2.05. The Bertz CT molecular complexity index is 451. The van der Waals surface area contributed by atoms with Crippen molar-refractivity contribution in [1.29, 1.82) is 0 Å². The summed E-state index contributed by atoms with van der Waals surface area (Å²) in [6.45, 7) is 5.58. The monoisotopic (exact) mass is 354 g/mol. The standard InChI is InChI=1S/C18H34N4O3/c1-3-4-5-6-7-8-12-25-13-9-10-19-18(23)21-17-15-20-22(16-17)11-14-24-2/h15-16H,3-14H2,1-2H3,(H2,19,21,23). The van der Waals surface area contributed by atoms with E-state index in [1.807, 2.05) is 0 Å². The fourth-order valence-electron chi connectivity index (χ4n) is 2.37.